The van der Waals surface area contributed by atoms with E-state index in [0.29, 0.717) is 31.6 Å². The Kier molecular flexibility index (Phi) is 6.18. The summed E-state index contributed by atoms with van der Waals surface area (Å²) in [6.45, 7) is 4.88. The molecule has 2 amide bonds. The zero-order valence-electron chi connectivity index (χ0n) is 17.9. The van der Waals surface area contributed by atoms with E-state index in [1.165, 1.54) is 11.1 Å². The highest BCUT2D eigenvalue weighted by atomic mass is 32.1. The molecule has 0 spiro atoms. The molecule has 4 rings (SSSR count). The minimum atomic E-state index is -0.640. The molecular weight excluding hydrogens is 406 g/mol. The Morgan fingerprint density at radius 2 is 1.94 bits per heavy atom. The van der Waals surface area contributed by atoms with E-state index < -0.39 is 5.41 Å². The second-order valence-electron chi connectivity index (χ2n) is 8.49. The van der Waals surface area contributed by atoms with E-state index in [1.807, 2.05) is 19.9 Å². The molecule has 2 aromatic heterocycles. The van der Waals surface area contributed by atoms with Gasteiger partial charge in [0.05, 0.1) is 5.41 Å². The second-order valence-corrected chi connectivity index (χ2v) is 9.27. The smallest absolute Gasteiger partial charge is 0.272 e. The number of nitrogens with one attached hydrogen (secondary N) is 1. The fourth-order valence-corrected chi connectivity index (χ4v) is 4.82. The van der Waals surface area contributed by atoms with E-state index in [9.17, 15) is 9.59 Å². The van der Waals surface area contributed by atoms with Gasteiger partial charge in [0.25, 0.3) is 5.91 Å². The Morgan fingerprint density at radius 3 is 2.58 bits per heavy atom. The third-order valence-corrected chi connectivity index (χ3v) is 6.46. The van der Waals surface area contributed by atoms with Crippen molar-refractivity contribution in [3.8, 4) is 11.1 Å². The summed E-state index contributed by atoms with van der Waals surface area (Å²) >= 11 is 1.68. The fraction of sp³-hybridized carbons (Fsp3) is 0.320. The largest absolute Gasteiger partial charge is 0.353 e. The normalized spacial score (nSPS) is 18.4. The summed E-state index contributed by atoms with van der Waals surface area (Å²) in [5.41, 5.74) is 3.26. The maximum Gasteiger partial charge on any atom is 0.272 e. The summed E-state index contributed by atoms with van der Waals surface area (Å²) in [7, 11) is 0. The van der Waals surface area contributed by atoms with Crippen LogP contribution in [-0.2, 0) is 11.2 Å². The number of rotatable bonds is 6. The van der Waals surface area contributed by atoms with Crippen LogP contribution in [0.5, 0.6) is 0 Å². The van der Waals surface area contributed by atoms with Gasteiger partial charge in [-0.1, -0.05) is 30.3 Å². The van der Waals surface area contributed by atoms with E-state index in [0.717, 1.165) is 5.56 Å². The first-order valence-electron chi connectivity index (χ1n) is 10.6. The van der Waals surface area contributed by atoms with E-state index in [1.54, 1.807) is 34.6 Å². The van der Waals surface area contributed by atoms with Crippen molar-refractivity contribution in [2.75, 3.05) is 13.1 Å². The molecule has 0 unspecified atom stereocenters. The molecule has 0 bridgehead atoms. The lowest BCUT2D eigenvalue weighted by Crippen LogP contribution is -2.47. The predicted molar refractivity (Wildman–Crippen MR) is 124 cm³/mol. The van der Waals surface area contributed by atoms with Crippen LogP contribution in [0.2, 0.25) is 0 Å². The summed E-state index contributed by atoms with van der Waals surface area (Å²) in [6.07, 6.45) is 2.86. The van der Waals surface area contributed by atoms with Gasteiger partial charge in [0, 0.05) is 25.3 Å². The molecule has 1 aromatic carbocycles. The topological polar surface area (TPSA) is 62.3 Å². The summed E-state index contributed by atoms with van der Waals surface area (Å²) in [5.74, 6) is -0.103. The molecule has 5 nitrogen and oxygen atoms in total. The van der Waals surface area contributed by atoms with Crippen LogP contribution in [0.3, 0.4) is 0 Å². The lowest BCUT2D eigenvalue weighted by atomic mass is 9.79. The number of amides is 2. The van der Waals surface area contributed by atoms with Crippen LogP contribution in [0, 0.1) is 5.41 Å². The quantitative estimate of drug-likeness (QED) is 0.626. The Labute approximate surface area is 187 Å². The lowest BCUT2D eigenvalue weighted by Gasteiger charge is -2.29. The van der Waals surface area contributed by atoms with Crippen LogP contribution in [0.25, 0.3) is 11.1 Å². The first-order valence-corrected chi connectivity index (χ1v) is 11.5. The lowest BCUT2D eigenvalue weighted by molar-refractivity contribution is -0.130. The maximum atomic E-state index is 13.3. The van der Waals surface area contributed by atoms with Gasteiger partial charge in [0.15, 0.2) is 0 Å². The molecule has 31 heavy (non-hydrogen) atoms. The maximum absolute atomic E-state index is 13.3. The fourth-order valence-electron chi connectivity index (χ4n) is 4.16. The van der Waals surface area contributed by atoms with Crippen LogP contribution in [-0.4, -0.2) is 40.8 Å². The number of aromatic nitrogens is 1. The average Bonchev–Trinajstić information content (AvgIpc) is 3.45. The van der Waals surface area contributed by atoms with Gasteiger partial charge in [0.2, 0.25) is 5.91 Å². The van der Waals surface area contributed by atoms with Crippen molar-refractivity contribution in [2.24, 2.45) is 5.41 Å². The minimum Gasteiger partial charge on any atom is -0.353 e. The van der Waals surface area contributed by atoms with Gasteiger partial charge >= 0.3 is 0 Å². The number of hydrogen-bond acceptors (Lipinski definition) is 4. The van der Waals surface area contributed by atoms with E-state index in [-0.39, 0.29) is 17.9 Å². The third kappa shape index (κ3) is 4.69. The second kappa shape index (κ2) is 9.02. The Bertz CT molecular complexity index is 1030. The molecule has 0 saturated carbocycles. The number of pyridine rings is 1. The number of hydrogen-bond donors (Lipinski definition) is 1. The highest BCUT2D eigenvalue weighted by molar-refractivity contribution is 7.08. The molecule has 1 atom stereocenters. The van der Waals surface area contributed by atoms with Crippen molar-refractivity contribution in [2.45, 2.75) is 32.7 Å². The number of benzene rings is 1. The summed E-state index contributed by atoms with van der Waals surface area (Å²) in [6, 6.07) is 15.9. The zero-order chi connectivity index (χ0) is 21.8. The number of likely N-dealkylation sites (tertiary alicyclic amines) is 1. The molecule has 3 aromatic rings. The zero-order valence-corrected chi connectivity index (χ0v) is 18.7. The van der Waals surface area contributed by atoms with E-state index >= 15 is 0 Å². The van der Waals surface area contributed by atoms with Crippen molar-refractivity contribution in [1.29, 1.82) is 0 Å². The molecule has 1 fully saturated rings. The van der Waals surface area contributed by atoms with Gasteiger partial charge in [0.1, 0.15) is 5.69 Å². The molecule has 1 aliphatic rings. The van der Waals surface area contributed by atoms with Crippen molar-refractivity contribution in [1.82, 2.24) is 15.2 Å². The molecular formula is C25H27N3O2S. The van der Waals surface area contributed by atoms with Crippen LogP contribution in [0.4, 0.5) is 0 Å². The molecule has 6 heteroatoms. The van der Waals surface area contributed by atoms with Crippen LogP contribution in [0.1, 0.15) is 36.3 Å². The van der Waals surface area contributed by atoms with Gasteiger partial charge in [-0.05, 0) is 72.3 Å². The average molecular weight is 434 g/mol. The number of carbonyl (C=O) groups excluding carboxylic acids is 2. The van der Waals surface area contributed by atoms with Crippen molar-refractivity contribution in [3.63, 3.8) is 0 Å². The van der Waals surface area contributed by atoms with Gasteiger partial charge in [-0.3, -0.25) is 14.6 Å². The van der Waals surface area contributed by atoms with Crippen molar-refractivity contribution >= 4 is 23.2 Å². The minimum absolute atomic E-state index is 0.0146. The Balaban J connectivity index is 1.56. The summed E-state index contributed by atoms with van der Waals surface area (Å²) < 4.78 is 0. The van der Waals surface area contributed by atoms with Crippen LogP contribution in [0.15, 0.2) is 65.5 Å². The SMILES string of the molecule is CC(C)NC(=O)[C@]1(Cc2ccc(-c3ccsc3)cc2)CCN(C(=O)c2ccccn2)C1. The van der Waals surface area contributed by atoms with Crippen molar-refractivity contribution < 1.29 is 9.59 Å². The van der Waals surface area contributed by atoms with Gasteiger partial charge < -0.3 is 10.2 Å². The monoisotopic (exact) mass is 433 g/mol. The molecule has 3 heterocycles. The third-order valence-electron chi connectivity index (χ3n) is 5.78. The van der Waals surface area contributed by atoms with Gasteiger partial charge in [-0.2, -0.15) is 11.3 Å². The van der Waals surface area contributed by atoms with Crippen molar-refractivity contribution in [3.05, 3.63) is 76.7 Å². The summed E-state index contributed by atoms with van der Waals surface area (Å²) in [5, 5.41) is 7.29. The Hall–Kier alpha value is -2.99. The molecule has 160 valence electrons. The highest BCUT2D eigenvalue weighted by Crippen LogP contribution is 2.36. The molecule has 0 radical (unpaired) electrons. The first-order chi connectivity index (χ1) is 15.0. The number of thiophene rings is 1. The van der Waals surface area contributed by atoms with Crippen LogP contribution >= 0.6 is 11.3 Å². The van der Waals surface area contributed by atoms with Gasteiger partial charge in [-0.25, -0.2) is 0 Å². The first kappa shape index (κ1) is 21.2. The molecule has 1 aliphatic heterocycles. The summed E-state index contributed by atoms with van der Waals surface area (Å²) in [4.78, 5) is 32.2. The van der Waals surface area contributed by atoms with Gasteiger partial charge in [-0.15, -0.1) is 0 Å². The molecule has 0 aliphatic carbocycles. The van der Waals surface area contributed by atoms with E-state index in [4.69, 9.17) is 0 Å². The highest BCUT2D eigenvalue weighted by Gasteiger charge is 2.46. The van der Waals surface area contributed by atoms with E-state index in [2.05, 4.69) is 51.4 Å². The molecule has 1 N–H and O–H groups in total. The standard InChI is InChI=1S/C25H27N3O2S/c1-18(2)27-24(30)25(11-13-28(17-25)23(29)22-5-3-4-12-26-22)15-19-6-8-20(9-7-19)21-10-14-31-16-21/h3-10,12,14,16,18H,11,13,15,17H2,1-2H3,(H,27,30)/t25-/m0/s1. The number of nitrogens with zero attached hydrogens (tertiary/aromatic N) is 2. The number of carbonyl (C=O) groups is 2. The Morgan fingerprint density at radius 1 is 1.13 bits per heavy atom. The predicted octanol–water partition coefficient (Wildman–Crippen LogP) is 4.41. The van der Waals surface area contributed by atoms with Crippen LogP contribution < -0.4 is 5.32 Å². The molecule has 1 saturated heterocycles.